The van der Waals surface area contributed by atoms with Gasteiger partial charge in [0.2, 0.25) is 0 Å². The predicted octanol–water partition coefficient (Wildman–Crippen LogP) is 3.03. The SMILES string of the molecule is COc1cc(S(=O)(=O)Nc2noc3cc(Cn4cccn4)cc(OC)c23)ccc1F. The van der Waals surface area contributed by atoms with Gasteiger partial charge in [0.15, 0.2) is 23.0 Å². The second kappa shape index (κ2) is 7.67. The van der Waals surface area contributed by atoms with Gasteiger partial charge in [0.05, 0.1) is 25.7 Å². The number of ether oxygens (including phenoxy) is 2. The molecule has 0 saturated carbocycles. The number of nitrogens with one attached hydrogen (secondary N) is 1. The lowest BCUT2D eigenvalue weighted by Gasteiger charge is -2.10. The highest BCUT2D eigenvalue weighted by Crippen LogP contribution is 2.35. The highest BCUT2D eigenvalue weighted by molar-refractivity contribution is 7.92. The highest BCUT2D eigenvalue weighted by atomic mass is 32.2. The Morgan fingerprint density at radius 2 is 1.97 bits per heavy atom. The number of anilines is 1. The van der Waals surface area contributed by atoms with Gasteiger partial charge in [-0.3, -0.25) is 9.40 Å². The van der Waals surface area contributed by atoms with Crippen molar-refractivity contribution in [3.63, 3.8) is 0 Å². The van der Waals surface area contributed by atoms with Crippen LogP contribution in [0.15, 0.2) is 58.2 Å². The van der Waals surface area contributed by atoms with Gasteiger partial charge in [-0.2, -0.15) is 5.10 Å². The minimum Gasteiger partial charge on any atom is -0.496 e. The average molecular weight is 432 g/mol. The number of methoxy groups -OCH3 is 2. The Balaban J connectivity index is 1.71. The van der Waals surface area contributed by atoms with Gasteiger partial charge in [-0.15, -0.1) is 0 Å². The zero-order valence-corrected chi connectivity index (χ0v) is 16.8. The molecular formula is C19H17FN4O5S. The summed E-state index contributed by atoms with van der Waals surface area (Å²) in [5, 5.41) is 8.36. The van der Waals surface area contributed by atoms with Crippen LogP contribution in [0.3, 0.4) is 0 Å². The Hall–Kier alpha value is -3.60. The van der Waals surface area contributed by atoms with Crippen molar-refractivity contribution in [1.82, 2.24) is 14.9 Å². The van der Waals surface area contributed by atoms with E-state index in [1.54, 1.807) is 23.0 Å². The van der Waals surface area contributed by atoms with Crippen LogP contribution in [-0.4, -0.2) is 37.6 Å². The largest absolute Gasteiger partial charge is 0.496 e. The third kappa shape index (κ3) is 3.66. The van der Waals surface area contributed by atoms with Crippen LogP contribution in [0.5, 0.6) is 11.5 Å². The Morgan fingerprint density at radius 3 is 2.67 bits per heavy atom. The van der Waals surface area contributed by atoms with Crippen LogP contribution in [0.4, 0.5) is 10.2 Å². The van der Waals surface area contributed by atoms with E-state index in [0.29, 0.717) is 23.3 Å². The molecule has 30 heavy (non-hydrogen) atoms. The van der Waals surface area contributed by atoms with E-state index < -0.39 is 15.8 Å². The molecule has 4 rings (SSSR count). The van der Waals surface area contributed by atoms with Gasteiger partial charge in [-0.25, -0.2) is 12.8 Å². The lowest BCUT2D eigenvalue weighted by Crippen LogP contribution is -2.14. The van der Waals surface area contributed by atoms with Crippen LogP contribution in [-0.2, 0) is 16.6 Å². The van der Waals surface area contributed by atoms with Crippen molar-refractivity contribution in [3.8, 4) is 11.5 Å². The molecule has 0 aliphatic carbocycles. The minimum atomic E-state index is -4.09. The van der Waals surface area contributed by atoms with Gasteiger partial charge in [-0.05, 0) is 35.9 Å². The van der Waals surface area contributed by atoms with E-state index in [-0.39, 0.29) is 16.5 Å². The summed E-state index contributed by atoms with van der Waals surface area (Å²) in [6.07, 6.45) is 3.48. The lowest BCUT2D eigenvalue weighted by molar-refractivity contribution is 0.385. The molecule has 9 nitrogen and oxygen atoms in total. The normalized spacial score (nSPS) is 11.6. The lowest BCUT2D eigenvalue weighted by atomic mass is 10.1. The topological polar surface area (TPSA) is 108 Å². The van der Waals surface area contributed by atoms with E-state index in [1.807, 2.05) is 12.3 Å². The molecule has 2 heterocycles. The number of hydrogen-bond donors (Lipinski definition) is 1. The number of nitrogens with zero attached hydrogens (tertiary/aromatic N) is 3. The molecular weight excluding hydrogens is 415 g/mol. The van der Waals surface area contributed by atoms with Crippen molar-refractivity contribution < 1.29 is 26.8 Å². The van der Waals surface area contributed by atoms with Gasteiger partial charge in [0.1, 0.15) is 11.1 Å². The molecule has 11 heteroatoms. The van der Waals surface area contributed by atoms with E-state index >= 15 is 0 Å². The molecule has 2 aromatic carbocycles. The van der Waals surface area contributed by atoms with Crippen LogP contribution in [0.1, 0.15) is 5.56 Å². The molecule has 2 aromatic heterocycles. The van der Waals surface area contributed by atoms with E-state index in [9.17, 15) is 12.8 Å². The van der Waals surface area contributed by atoms with Gasteiger partial charge in [0, 0.05) is 18.5 Å². The number of halogens is 1. The van der Waals surface area contributed by atoms with E-state index in [2.05, 4.69) is 15.0 Å². The van der Waals surface area contributed by atoms with Crippen molar-refractivity contribution in [2.24, 2.45) is 0 Å². The molecule has 0 aliphatic heterocycles. The average Bonchev–Trinajstić information content (AvgIpc) is 3.37. The second-order valence-corrected chi connectivity index (χ2v) is 7.99. The number of rotatable bonds is 7. The standard InChI is InChI=1S/C19H17FN4O5S/c1-27-15-10-13(4-5-14(15)20)30(25,26)23-19-18-16(28-2)8-12(9-17(18)29-22-19)11-24-7-3-6-21-24/h3-10H,11H2,1-2H3,(H,22,23). The monoisotopic (exact) mass is 432 g/mol. The van der Waals surface area contributed by atoms with Crippen molar-refractivity contribution in [3.05, 3.63) is 60.2 Å². The van der Waals surface area contributed by atoms with Gasteiger partial charge < -0.3 is 14.0 Å². The first-order valence-corrected chi connectivity index (χ1v) is 10.2. The number of aromatic nitrogens is 3. The molecule has 0 saturated heterocycles. The van der Waals surface area contributed by atoms with E-state index in [1.165, 1.54) is 14.2 Å². The molecule has 0 radical (unpaired) electrons. The van der Waals surface area contributed by atoms with Gasteiger partial charge in [0.25, 0.3) is 10.0 Å². The molecule has 0 bridgehead atoms. The molecule has 0 spiro atoms. The highest BCUT2D eigenvalue weighted by Gasteiger charge is 2.23. The smallest absolute Gasteiger partial charge is 0.263 e. The van der Waals surface area contributed by atoms with Crippen molar-refractivity contribution in [2.45, 2.75) is 11.4 Å². The van der Waals surface area contributed by atoms with Crippen molar-refractivity contribution in [1.29, 1.82) is 0 Å². The summed E-state index contributed by atoms with van der Waals surface area (Å²) in [5.41, 5.74) is 1.17. The van der Waals surface area contributed by atoms with E-state index in [0.717, 1.165) is 23.8 Å². The summed E-state index contributed by atoms with van der Waals surface area (Å²) in [6.45, 7) is 0.469. The summed E-state index contributed by atoms with van der Waals surface area (Å²) in [7, 11) is -1.38. The van der Waals surface area contributed by atoms with Crippen molar-refractivity contribution >= 4 is 26.8 Å². The zero-order chi connectivity index (χ0) is 21.3. The Bertz CT molecular complexity index is 1300. The second-order valence-electron chi connectivity index (χ2n) is 6.31. The van der Waals surface area contributed by atoms with E-state index in [4.69, 9.17) is 14.0 Å². The summed E-state index contributed by atoms with van der Waals surface area (Å²) < 4.78 is 58.9. The fourth-order valence-electron chi connectivity index (χ4n) is 2.99. The molecule has 0 aliphatic rings. The summed E-state index contributed by atoms with van der Waals surface area (Å²) in [6, 6.07) is 8.50. The minimum absolute atomic E-state index is 0.0456. The third-order valence-electron chi connectivity index (χ3n) is 4.39. The van der Waals surface area contributed by atoms with Gasteiger partial charge >= 0.3 is 0 Å². The third-order valence-corrected chi connectivity index (χ3v) is 5.72. The molecule has 0 amide bonds. The van der Waals surface area contributed by atoms with Crippen LogP contribution >= 0.6 is 0 Å². The predicted molar refractivity (Wildman–Crippen MR) is 106 cm³/mol. The Morgan fingerprint density at radius 1 is 1.17 bits per heavy atom. The van der Waals surface area contributed by atoms with Crippen LogP contribution < -0.4 is 14.2 Å². The molecule has 1 N–H and O–H groups in total. The van der Waals surface area contributed by atoms with Crippen molar-refractivity contribution in [2.75, 3.05) is 18.9 Å². The summed E-state index contributed by atoms with van der Waals surface area (Å²) >= 11 is 0. The molecule has 0 atom stereocenters. The number of hydrogen-bond acceptors (Lipinski definition) is 7. The number of fused-ring (bicyclic) bond motifs is 1. The maximum Gasteiger partial charge on any atom is 0.263 e. The Kier molecular flexibility index (Phi) is 5.04. The zero-order valence-electron chi connectivity index (χ0n) is 16.0. The maximum atomic E-state index is 13.6. The summed E-state index contributed by atoms with van der Waals surface area (Å²) in [5.74, 6) is -0.528. The maximum absolute atomic E-state index is 13.6. The molecule has 4 aromatic rings. The first-order chi connectivity index (χ1) is 14.4. The Labute approximate surface area is 171 Å². The number of sulfonamides is 1. The quantitative estimate of drug-likeness (QED) is 0.478. The summed E-state index contributed by atoms with van der Waals surface area (Å²) in [4.78, 5) is -0.189. The van der Waals surface area contributed by atoms with Crippen LogP contribution in [0.25, 0.3) is 11.0 Å². The number of benzene rings is 2. The fourth-order valence-corrected chi connectivity index (χ4v) is 4.01. The van der Waals surface area contributed by atoms with Crippen LogP contribution in [0.2, 0.25) is 0 Å². The molecule has 0 fully saturated rings. The first-order valence-electron chi connectivity index (χ1n) is 8.71. The fraction of sp³-hybridized carbons (Fsp3) is 0.158. The van der Waals surface area contributed by atoms with Gasteiger partial charge in [-0.1, -0.05) is 5.16 Å². The van der Waals surface area contributed by atoms with Crippen LogP contribution in [0, 0.1) is 5.82 Å². The molecule has 0 unspecified atom stereocenters. The first kappa shape index (κ1) is 19.7. The molecule has 156 valence electrons.